The van der Waals surface area contributed by atoms with Crippen molar-refractivity contribution >= 4 is 26.6 Å². The van der Waals surface area contributed by atoms with Crippen molar-refractivity contribution in [1.29, 1.82) is 0 Å². The number of rotatable bonds is 3. The molecule has 0 saturated heterocycles. The first kappa shape index (κ1) is 13.5. The van der Waals surface area contributed by atoms with Gasteiger partial charge in [-0.15, -0.1) is 0 Å². The first-order chi connectivity index (χ1) is 10.1. The van der Waals surface area contributed by atoms with Crippen molar-refractivity contribution in [3.63, 3.8) is 0 Å². The molecule has 0 radical (unpaired) electrons. The molecule has 3 rings (SSSR count). The highest BCUT2D eigenvalue weighted by molar-refractivity contribution is 7.93. The summed E-state index contributed by atoms with van der Waals surface area (Å²) >= 11 is 0. The van der Waals surface area contributed by atoms with Crippen molar-refractivity contribution in [2.45, 2.75) is 11.8 Å². The van der Waals surface area contributed by atoms with Crippen LogP contribution in [0, 0.1) is 6.92 Å². The number of aromatic nitrogens is 2. The molecule has 0 atom stereocenters. The number of fused-ring (bicyclic) bond motifs is 1. The van der Waals surface area contributed by atoms with Crippen LogP contribution in [-0.2, 0) is 10.0 Å². The summed E-state index contributed by atoms with van der Waals surface area (Å²) in [6.45, 7) is 1.80. The molecule has 2 aromatic heterocycles. The molecule has 0 saturated carbocycles. The van der Waals surface area contributed by atoms with E-state index in [0.717, 1.165) is 11.1 Å². The Kier molecular flexibility index (Phi) is 3.31. The van der Waals surface area contributed by atoms with Gasteiger partial charge in [-0.3, -0.25) is 14.7 Å². The lowest BCUT2D eigenvalue weighted by Gasteiger charge is -2.10. The molecule has 2 heterocycles. The minimum Gasteiger partial charge on any atom is -0.279 e. The van der Waals surface area contributed by atoms with Gasteiger partial charge in [-0.2, -0.15) is 0 Å². The molecule has 0 amide bonds. The van der Waals surface area contributed by atoms with Crippen LogP contribution in [0.1, 0.15) is 5.69 Å². The van der Waals surface area contributed by atoms with E-state index in [0.29, 0.717) is 11.2 Å². The van der Waals surface area contributed by atoms with Gasteiger partial charge >= 0.3 is 0 Å². The molecule has 0 bridgehead atoms. The van der Waals surface area contributed by atoms with Crippen molar-refractivity contribution in [1.82, 2.24) is 9.97 Å². The van der Waals surface area contributed by atoms with Crippen LogP contribution in [0.3, 0.4) is 0 Å². The second kappa shape index (κ2) is 5.14. The average molecular weight is 299 g/mol. The van der Waals surface area contributed by atoms with Gasteiger partial charge in [0.15, 0.2) is 0 Å². The molecule has 0 aliphatic heterocycles. The van der Waals surface area contributed by atoms with Gasteiger partial charge in [0.2, 0.25) is 0 Å². The second-order valence-corrected chi connectivity index (χ2v) is 6.27. The number of hydrogen-bond donors (Lipinski definition) is 1. The average Bonchev–Trinajstić information content (AvgIpc) is 2.46. The number of anilines is 1. The number of hydrogen-bond acceptors (Lipinski definition) is 4. The molecule has 0 spiro atoms. The SMILES string of the molecule is Cc1cc(NS(=O)(=O)c2cccc3cccnc23)ccn1. The van der Waals surface area contributed by atoms with E-state index in [-0.39, 0.29) is 4.90 Å². The standard InChI is InChI=1S/C15H13N3O2S/c1-11-10-13(7-9-16-11)18-21(19,20)14-6-2-4-12-5-3-8-17-15(12)14/h2-10H,1H3,(H,16,18). The first-order valence-electron chi connectivity index (χ1n) is 6.35. The van der Waals surface area contributed by atoms with Crippen LogP contribution in [0.25, 0.3) is 10.9 Å². The third kappa shape index (κ3) is 2.71. The van der Waals surface area contributed by atoms with Crippen molar-refractivity contribution in [2.75, 3.05) is 4.72 Å². The quantitative estimate of drug-likeness (QED) is 0.807. The van der Waals surface area contributed by atoms with Gasteiger partial charge in [0.05, 0.1) is 11.2 Å². The lowest BCUT2D eigenvalue weighted by Crippen LogP contribution is -2.14. The number of para-hydroxylation sites is 1. The van der Waals surface area contributed by atoms with Crippen LogP contribution in [0.15, 0.2) is 59.8 Å². The van der Waals surface area contributed by atoms with E-state index in [4.69, 9.17) is 0 Å². The molecular formula is C15H13N3O2S. The summed E-state index contributed by atoms with van der Waals surface area (Å²) in [5.41, 5.74) is 1.68. The maximum absolute atomic E-state index is 12.6. The molecule has 1 N–H and O–H groups in total. The topological polar surface area (TPSA) is 72.0 Å². The van der Waals surface area contributed by atoms with Gasteiger partial charge in [-0.1, -0.05) is 18.2 Å². The molecule has 0 unspecified atom stereocenters. The molecule has 6 heteroatoms. The molecule has 21 heavy (non-hydrogen) atoms. The zero-order valence-corrected chi connectivity index (χ0v) is 12.1. The highest BCUT2D eigenvalue weighted by Gasteiger charge is 2.18. The second-order valence-electron chi connectivity index (χ2n) is 4.62. The van der Waals surface area contributed by atoms with Crippen molar-refractivity contribution < 1.29 is 8.42 Å². The van der Waals surface area contributed by atoms with Gasteiger partial charge in [-0.25, -0.2) is 8.42 Å². The Morgan fingerprint density at radius 1 is 1.00 bits per heavy atom. The minimum absolute atomic E-state index is 0.162. The summed E-state index contributed by atoms with van der Waals surface area (Å²) in [4.78, 5) is 8.38. The third-order valence-corrected chi connectivity index (χ3v) is 4.45. The zero-order valence-electron chi connectivity index (χ0n) is 11.3. The van der Waals surface area contributed by atoms with E-state index in [9.17, 15) is 8.42 Å². The first-order valence-corrected chi connectivity index (χ1v) is 7.84. The summed E-state index contributed by atoms with van der Waals surface area (Å²) in [6, 6.07) is 12.0. The number of nitrogens with zero attached hydrogens (tertiary/aromatic N) is 2. The molecular weight excluding hydrogens is 286 g/mol. The minimum atomic E-state index is -3.70. The lowest BCUT2D eigenvalue weighted by atomic mass is 10.2. The largest absolute Gasteiger partial charge is 0.279 e. The summed E-state index contributed by atoms with van der Waals surface area (Å²) < 4.78 is 27.7. The van der Waals surface area contributed by atoms with Gasteiger partial charge < -0.3 is 0 Å². The lowest BCUT2D eigenvalue weighted by molar-refractivity contribution is 0.602. The summed E-state index contributed by atoms with van der Waals surface area (Å²) in [6.07, 6.45) is 3.15. The Morgan fingerprint density at radius 3 is 2.62 bits per heavy atom. The van der Waals surface area contributed by atoms with Crippen LogP contribution < -0.4 is 4.72 Å². The van der Waals surface area contributed by atoms with Crippen LogP contribution in [0.2, 0.25) is 0 Å². The van der Waals surface area contributed by atoms with E-state index < -0.39 is 10.0 Å². The van der Waals surface area contributed by atoms with Gasteiger partial charge in [0.25, 0.3) is 10.0 Å². The van der Waals surface area contributed by atoms with Crippen LogP contribution in [0.5, 0.6) is 0 Å². The predicted molar refractivity (Wildman–Crippen MR) is 81.5 cm³/mol. The van der Waals surface area contributed by atoms with E-state index >= 15 is 0 Å². The van der Waals surface area contributed by atoms with Crippen molar-refractivity contribution in [3.8, 4) is 0 Å². The number of benzene rings is 1. The summed E-state index contributed by atoms with van der Waals surface area (Å²) in [7, 11) is -3.70. The summed E-state index contributed by atoms with van der Waals surface area (Å²) in [5, 5.41) is 0.784. The van der Waals surface area contributed by atoms with Gasteiger partial charge in [0, 0.05) is 23.5 Å². The monoisotopic (exact) mass is 299 g/mol. The van der Waals surface area contributed by atoms with E-state index in [1.807, 2.05) is 12.1 Å². The maximum atomic E-state index is 12.6. The molecule has 0 fully saturated rings. The fraction of sp³-hybridized carbons (Fsp3) is 0.0667. The normalized spacial score (nSPS) is 11.5. The predicted octanol–water partition coefficient (Wildman–Crippen LogP) is 2.74. The van der Waals surface area contributed by atoms with E-state index in [2.05, 4.69) is 14.7 Å². The van der Waals surface area contributed by atoms with Gasteiger partial charge in [0.1, 0.15) is 4.90 Å². The Balaban J connectivity index is 2.09. The fourth-order valence-electron chi connectivity index (χ4n) is 2.11. The van der Waals surface area contributed by atoms with Crippen LogP contribution >= 0.6 is 0 Å². The fourth-order valence-corrected chi connectivity index (χ4v) is 3.34. The Labute approximate surface area is 122 Å². The van der Waals surface area contributed by atoms with Gasteiger partial charge in [-0.05, 0) is 31.2 Å². The number of aryl methyl sites for hydroxylation is 1. The van der Waals surface area contributed by atoms with Crippen molar-refractivity contribution in [3.05, 3.63) is 60.6 Å². The smallest absolute Gasteiger partial charge is 0.264 e. The molecule has 5 nitrogen and oxygen atoms in total. The van der Waals surface area contributed by atoms with Crippen LogP contribution in [0.4, 0.5) is 5.69 Å². The van der Waals surface area contributed by atoms with Crippen LogP contribution in [-0.4, -0.2) is 18.4 Å². The number of sulfonamides is 1. The Morgan fingerprint density at radius 2 is 1.81 bits per heavy atom. The van der Waals surface area contributed by atoms with E-state index in [1.165, 1.54) is 0 Å². The maximum Gasteiger partial charge on any atom is 0.264 e. The van der Waals surface area contributed by atoms with Crippen molar-refractivity contribution in [2.24, 2.45) is 0 Å². The number of nitrogens with one attached hydrogen (secondary N) is 1. The molecule has 0 aliphatic carbocycles. The summed E-state index contributed by atoms with van der Waals surface area (Å²) in [5.74, 6) is 0. The molecule has 3 aromatic rings. The molecule has 0 aliphatic rings. The Hall–Kier alpha value is -2.47. The highest BCUT2D eigenvalue weighted by Crippen LogP contribution is 2.23. The van der Waals surface area contributed by atoms with E-state index in [1.54, 1.807) is 49.6 Å². The highest BCUT2D eigenvalue weighted by atomic mass is 32.2. The Bertz CT molecular complexity index is 902. The molecule has 106 valence electrons. The molecule has 1 aromatic carbocycles. The zero-order chi connectivity index (χ0) is 14.9. The third-order valence-electron chi connectivity index (χ3n) is 3.03. The number of pyridine rings is 2.